The Morgan fingerprint density at radius 2 is 1.93 bits per heavy atom. The van der Waals surface area contributed by atoms with Gasteiger partial charge in [0.15, 0.2) is 23.5 Å². The van der Waals surface area contributed by atoms with Crippen molar-refractivity contribution in [3.63, 3.8) is 0 Å². The highest BCUT2D eigenvalue weighted by molar-refractivity contribution is 5.81. The summed E-state index contributed by atoms with van der Waals surface area (Å²) in [4.78, 5) is 12.7. The molecule has 28 heavy (non-hydrogen) atoms. The molecule has 5 rings (SSSR count). The maximum absolute atomic E-state index is 6.39. The molecule has 4 atom stereocenters. The number of anilines is 1. The Morgan fingerprint density at radius 3 is 2.64 bits per heavy atom. The van der Waals surface area contributed by atoms with Crippen LogP contribution in [0.2, 0.25) is 0 Å². The molecule has 10 heteroatoms. The van der Waals surface area contributed by atoms with E-state index in [9.17, 15) is 0 Å². The minimum Gasteiger partial charge on any atom is -0.382 e. The fourth-order valence-electron chi connectivity index (χ4n) is 4.33. The maximum Gasteiger partial charge on any atom is 0.167 e. The quantitative estimate of drug-likeness (QED) is 0.706. The second-order valence-corrected chi connectivity index (χ2v) is 8.51. The monoisotopic (exact) mass is 391 g/mol. The first-order chi connectivity index (χ1) is 12.9. The molecular weight excluding hydrogens is 362 g/mol. The first-order valence-electron chi connectivity index (χ1n) is 9.54. The number of hydrogen-bond acceptors (Lipinski definition) is 9. The lowest BCUT2D eigenvalue weighted by Crippen LogP contribution is -2.52. The summed E-state index contributed by atoms with van der Waals surface area (Å²) in [7, 11) is 0. The summed E-state index contributed by atoms with van der Waals surface area (Å²) in [5, 5.41) is 3.66. The highest BCUT2D eigenvalue weighted by Crippen LogP contribution is 2.44. The molecular formula is C18H29N7O3. The molecule has 154 valence electrons. The summed E-state index contributed by atoms with van der Waals surface area (Å²) in [5.74, 6) is -0.297. The van der Waals surface area contributed by atoms with Crippen molar-refractivity contribution in [1.82, 2.24) is 31.0 Å². The molecule has 0 radical (unpaired) electrons. The van der Waals surface area contributed by atoms with Crippen molar-refractivity contribution in [3.05, 3.63) is 12.7 Å². The Kier molecular flexibility index (Phi) is 4.59. The van der Waals surface area contributed by atoms with E-state index in [0.29, 0.717) is 17.0 Å². The van der Waals surface area contributed by atoms with Gasteiger partial charge in [-0.25, -0.2) is 15.0 Å². The van der Waals surface area contributed by atoms with E-state index in [1.54, 1.807) is 6.33 Å². The van der Waals surface area contributed by atoms with Crippen molar-refractivity contribution in [2.45, 2.75) is 75.9 Å². The van der Waals surface area contributed by atoms with Crippen LogP contribution in [-0.4, -0.2) is 55.7 Å². The number of hydrogen-bond donors (Lipinski definition) is 3. The van der Waals surface area contributed by atoms with Crippen molar-refractivity contribution in [3.8, 4) is 0 Å². The third-order valence-electron chi connectivity index (χ3n) is 5.97. The number of rotatable bonds is 4. The zero-order chi connectivity index (χ0) is 18.8. The average molecular weight is 391 g/mol. The predicted molar refractivity (Wildman–Crippen MR) is 103 cm³/mol. The van der Waals surface area contributed by atoms with Crippen LogP contribution in [0.3, 0.4) is 0 Å². The summed E-state index contributed by atoms with van der Waals surface area (Å²) in [6, 6.07) is 0. The van der Waals surface area contributed by atoms with Gasteiger partial charge in [0.25, 0.3) is 0 Å². The van der Waals surface area contributed by atoms with E-state index in [4.69, 9.17) is 19.9 Å². The Morgan fingerprint density at radius 1 is 1.18 bits per heavy atom. The Hall–Kier alpha value is -1.85. The lowest BCUT2D eigenvalue weighted by molar-refractivity contribution is -0.196. The van der Waals surface area contributed by atoms with Gasteiger partial charge in [0.05, 0.1) is 6.33 Å². The molecule has 0 amide bonds. The molecule has 3 aliphatic rings. The van der Waals surface area contributed by atoms with Crippen LogP contribution >= 0.6 is 0 Å². The smallest absolute Gasteiger partial charge is 0.167 e. The first kappa shape index (κ1) is 19.5. The van der Waals surface area contributed by atoms with Gasteiger partial charge in [0.1, 0.15) is 30.2 Å². The number of imidazole rings is 1. The third kappa shape index (κ3) is 3.05. The molecule has 6 N–H and O–H groups in total. The van der Waals surface area contributed by atoms with Crippen LogP contribution in [-0.2, 0) is 14.2 Å². The number of nitrogen functional groups attached to an aromatic ring is 1. The fourth-order valence-corrected chi connectivity index (χ4v) is 4.33. The SMILES string of the molecule is CC1(NC[C@H]2O[C@@H](n3cnc4c(N)ncnc43)[C@@H]3OC(C)(C)O[C@@H]32)CCC1.N. The van der Waals surface area contributed by atoms with Gasteiger partial charge in [0, 0.05) is 12.1 Å². The molecule has 3 fully saturated rings. The highest BCUT2D eigenvalue weighted by Gasteiger charge is 2.56. The summed E-state index contributed by atoms with van der Waals surface area (Å²) in [5.41, 5.74) is 7.34. The van der Waals surface area contributed by atoms with E-state index in [0.717, 1.165) is 6.54 Å². The van der Waals surface area contributed by atoms with Crippen molar-refractivity contribution >= 4 is 17.0 Å². The van der Waals surface area contributed by atoms with Gasteiger partial charge < -0.3 is 31.4 Å². The lowest BCUT2D eigenvalue weighted by Gasteiger charge is -2.40. The van der Waals surface area contributed by atoms with Crippen molar-refractivity contribution in [1.29, 1.82) is 0 Å². The van der Waals surface area contributed by atoms with Crippen LogP contribution in [0, 0.1) is 0 Å². The lowest BCUT2D eigenvalue weighted by atomic mass is 9.78. The summed E-state index contributed by atoms with van der Waals surface area (Å²) in [6.07, 6.45) is 5.91. The van der Waals surface area contributed by atoms with E-state index in [2.05, 4.69) is 27.2 Å². The van der Waals surface area contributed by atoms with Gasteiger partial charge in [-0.05, 0) is 40.0 Å². The van der Waals surface area contributed by atoms with Gasteiger partial charge in [-0.15, -0.1) is 0 Å². The minimum atomic E-state index is -0.652. The van der Waals surface area contributed by atoms with Crippen molar-refractivity contribution in [2.24, 2.45) is 0 Å². The molecule has 10 nitrogen and oxygen atoms in total. The average Bonchev–Trinajstić information content (AvgIpc) is 3.23. The van der Waals surface area contributed by atoms with E-state index in [-0.39, 0.29) is 36.2 Å². The molecule has 2 saturated heterocycles. The van der Waals surface area contributed by atoms with Crippen molar-refractivity contribution < 1.29 is 14.2 Å². The zero-order valence-electron chi connectivity index (χ0n) is 16.6. The summed E-state index contributed by atoms with van der Waals surface area (Å²) < 4.78 is 20.6. The zero-order valence-corrected chi connectivity index (χ0v) is 16.6. The molecule has 0 bridgehead atoms. The van der Waals surface area contributed by atoms with Crippen LogP contribution < -0.4 is 17.2 Å². The molecule has 2 aliphatic heterocycles. The fraction of sp³-hybridized carbons (Fsp3) is 0.722. The van der Waals surface area contributed by atoms with Gasteiger partial charge in [-0.3, -0.25) is 4.57 Å². The normalized spacial score (nSPS) is 32.7. The first-order valence-corrected chi connectivity index (χ1v) is 9.54. The molecule has 0 aromatic carbocycles. The highest BCUT2D eigenvalue weighted by atomic mass is 16.8. The van der Waals surface area contributed by atoms with E-state index < -0.39 is 5.79 Å². The second-order valence-electron chi connectivity index (χ2n) is 8.51. The minimum absolute atomic E-state index is 0. The number of fused-ring (bicyclic) bond motifs is 2. The van der Waals surface area contributed by atoms with Gasteiger partial charge >= 0.3 is 0 Å². The van der Waals surface area contributed by atoms with E-state index >= 15 is 0 Å². The largest absolute Gasteiger partial charge is 0.382 e. The van der Waals surface area contributed by atoms with Crippen LogP contribution in [0.15, 0.2) is 12.7 Å². The van der Waals surface area contributed by atoms with E-state index in [1.807, 2.05) is 18.4 Å². The predicted octanol–water partition coefficient (Wildman–Crippen LogP) is 1.52. The third-order valence-corrected chi connectivity index (χ3v) is 5.97. The number of nitrogens with one attached hydrogen (secondary N) is 1. The Labute approximate surface area is 163 Å². The summed E-state index contributed by atoms with van der Waals surface area (Å²) in [6.45, 7) is 6.86. The molecule has 0 unspecified atom stereocenters. The molecule has 2 aromatic heterocycles. The maximum atomic E-state index is 6.39. The topological polar surface area (TPSA) is 144 Å². The molecule has 4 heterocycles. The molecule has 2 aromatic rings. The number of ether oxygens (including phenoxy) is 3. The molecule has 1 saturated carbocycles. The van der Waals surface area contributed by atoms with E-state index in [1.165, 1.54) is 25.6 Å². The van der Waals surface area contributed by atoms with Crippen LogP contribution in [0.5, 0.6) is 0 Å². The van der Waals surface area contributed by atoms with Gasteiger partial charge in [-0.1, -0.05) is 0 Å². The second kappa shape index (κ2) is 6.60. The Bertz CT molecular complexity index is 866. The van der Waals surface area contributed by atoms with Crippen LogP contribution in [0.1, 0.15) is 46.3 Å². The van der Waals surface area contributed by atoms with Gasteiger partial charge in [0.2, 0.25) is 0 Å². The molecule has 1 aliphatic carbocycles. The van der Waals surface area contributed by atoms with Gasteiger partial charge in [-0.2, -0.15) is 0 Å². The standard InChI is InChI=1S/C18H26N6O3.H3N/c1-17(2)26-12-10(7-23-18(3)5-4-6-18)25-16(13(12)27-17)24-9-22-11-14(19)20-8-21-15(11)24;/h8-10,12-13,16,23H,4-7H2,1-3H3,(H2,19,20,21);1H3/t10-,12-,13-,16-;/m1./s1. The number of nitrogens with zero attached hydrogens (tertiary/aromatic N) is 4. The van der Waals surface area contributed by atoms with Crippen molar-refractivity contribution in [2.75, 3.05) is 12.3 Å². The number of aromatic nitrogens is 4. The van der Waals surface area contributed by atoms with Crippen LogP contribution in [0.4, 0.5) is 5.82 Å². The molecule has 0 spiro atoms. The number of nitrogens with two attached hydrogens (primary N) is 1. The van der Waals surface area contributed by atoms with Crippen LogP contribution in [0.25, 0.3) is 11.2 Å². The summed E-state index contributed by atoms with van der Waals surface area (Å²) >= 11 is 0. The Balaban J connectivity index is 0.00000192.